The third-order valence-electron chi connectivity index (χ3n) is 4.67. The molecule has 0 radical (unpaired) electrons. The fourth-order valence-corrected chi connectivity index (χ4v) is 3.16. The van der Waals surface area contributed by atoms with E-state index in [1.54, 1.807) is 24.3 Å². The van der Waals surface area contributed by atoms with Crippen molar-refractivity contribution in [2.24, 2.45) is 0 Å². The van der Waals surface area contributed by atoms with Gasteiger partial charge in [-0.3, -0.25) is 4.79 Å². The van der Waals surface area contributed by atoms with E-state index in [-0.39, 0.29) is 5.78 Å². The molecule has 0 spiro atoms. The van der Waals surface area contributed by atoms with Crippen LogP contribution in [-0.2, 0) is 4.79 Å². The molecule has 0 atom stereocenters. The van der Waals surface area contributed by atoms with Gasteiger partial charge in [0.25, 0.3) is 0 Å². The van der Waals surface area contributed by atoms with E-state index in [1.807, 2.05) is 61.5 Å². The van der Waals surface area contributed by atoms with Crippen molar-refractivity contribution in [3.8, 4) is 11.6 Å². The van der Waals surface area contributed by atoms with Crippen LogP contribution in [0.2, 0.25) is 5.02 Å². The minimum Gasteiger partial charge on any atom is -0.438 e. The van der Waals surface area contributed by atoms with E-state index in [0.717, 1.165) is 27.6 Å². The van der Waals surface area contributed by atoms with Crippen LogP contribution in [-0.4, -0.2) is 15.8 Å². The van der Waals surface area contributed by atoms with Crippen LogP contribution in [0.3, 0.4) is 0 Å². The molecule has 5 heteroatoms. The molecule has 0 aliphatic carbocycles. The molecular weight excluding hydrogens is 408 g/mol. The van der Waals surface area contributed by atoms with Gasteiger partial charge in [0.15, 0.2) is 5.78 Å². The van der Waals surface area contributed by atoms with Gasteiger partial charge in [0.05, 0.1) is 10.9 Å². The Hall–Kier alpha value is -3.76. The summed E-state index contributed by atoms with van der Waals surface area (Å²) in [6.07, 6.45) is 8.09. The first-order chi connectivity index (χ1) is 15.1. The fourth-order valence-electron chi connectivity index (χ4n) is 3.04. The van der Waals surface area contributed by atoms with Gasteiger partial charge in [0.2, 0.25) is 5.88 Å². The number of carbonyl (C=O) groups excluding carboxylic acids is 1. The smallest absolute Gasteiger partial charge is 0.230 e. The average molecular weight is 427 g/mol. The molecule has 0 aliphatic rings. The minimum atomic E-state index is -0.0990. The first kappa shape index (κ1) is 20.5. The number of aromatic nitrogens is 2. The summed E-state index contributed by atoms with van der Waals surface area (Å²) in [6.45, 7) is 2.01. The molecule has 1 aromatic heterocycles. The van der Waals surface area contributed by atoms with Crippen LogP contribution in [0.15, 0.2) is 85.2 Å². The highest BCUT2D eigenvalue weighted by Gasteiger charge is 2.07. The number of nitrogens with zero attached hydrogens (tertiary/aromatic N) is 2. The van der Waals surface area contributed by atoms with E-state index >= 15 is 0 Å². The molecule has 152 valence electrons. The monoisotopic (exact) mass is 426 g/mol. The molecule has 0 N–H and O–H groups in total. The number of aryl methyl sites for hydroxylation is 1. The van der Waals surface area contributed by atoms with Gasteiger partial charge in [0, 0.05) is 5.02 Å². The summed E-state index contributed by atoms with van der Waals surface area (Å²) < 4.78 is 5.96. The maximum Gasteiger partial charge on any atom is 0.230 e. The van der Waals surface area contributed by atoms with Crippen molar-refractivity contribution in [3.63, 3.8) is 0 Å². The first-order valence-electron chi connectivity index (χ1n) is 9.72. The highest BCUT2D eigenvalue weighted by molar-refractivity contribution is 6.30. The Labute approximate surface area is 185 Å². The summed E-state index contributed by atoms with van der Waals surface area (Å²) in [5.74, 6) is 1.07. The Morgan fingerprint density at radius 1 is 0.871 bits per heavy atom. The lowest BCUT2D eigenvalue weighted by atomic mass is 10.1. The van der Waals surface area contributed by atoms with Gasteiger partial charge in [-0.25, -0.2) is 9.97 Å². The number of carbonyl (C=O) groups is 1. The van der Waals surface area contributed by atoms with Gasteiger partial charge in [-0.05, 0) is 66.1 Å². The number of ether oxygens (including phenoxy) is 1. The summed E-state index contributed by atoms with van der Waals surface area (Å²) in [6, 6.07) is 20.7. The number of para-hydroxylation sites is 1. The number of hydrogen-bond acceptors (Lipinski definition) is 4. The third kappa shape index (κ3) is 5.24. The normalized spacial score (nSPS) is 11.4. The van der Waals surface area contributed by atoms with Crippen molar-refractivity contribution >= 4 is 40.4 Å². The first-order valence-corrected chi connectivity index (χ1v) is 10.1. The number of benzene rings is 3. The summed E-state index contributed by atoms with van der Waals surface area (Å²) in [7, 11) is 0. The topological polar surface area (TPSA) is 52.1 Å². The van der Waals surface area contributed by atoms with Gasteiger partial charge in [0.1, 0.15) is 12.1 Å². The molecule has 0 bridgehead atoms. The minimum absolute atomic E-state index is 0.0990. The van der Waals surface area contributed by atoms with Crippen molar-refractivity contribution in [1.82, 2.24) is 9.97 Å². The van der Waals surface area contributed by atoms with Gasteiger partial charge >= 0.3 is 0 Å². The summed E-state index contributed by atoms with van der Waals surface area (Å²) in [5.41, 5.74) is 3.75. The lowest BCUT2D eigenvalue weighted by molar-refractivity contribution is -0.110. The quantitative estimate of drug-likeness (QED) is 0.323. The van der Waals surface area contributed by atoms with Gasteiger partial charge < -0.3 is 4.74 Å². The molecule has 3 aromatic carbocycles. The van der Waals surface area contributed by atoms with Crippen LogP contribution in [0.5, 0.6) is 11.6 Å². The lowest BCUT2D eigenvalue weighted by Crippen LogP contribution is -1.92. The number of allylic oxidation sites excluding steroid dienone is 2. The van der Waals surface area contributed by atoms with Crippen molar-refractivity contribution in [1.29, 1.82) is 0 Å². The zero-order valence-corrected chi connectivity index (χ0v) is 17.6. The molecule has 4 rings (SSSR count). The second kappa shape index (κ2) is 9.37. The predicted octanol–water partition coefficient (Wildman–Crippen LogP) is 6.68. The summed E-state index contributed by atoms with van der Waals surface area (Å²) in [4.78, 5) is 20.7. The molecule has 4 aromatic rings. The van der Waals surface area contributed by atoms with E-state index in [4.69, 9.17) is 16.3 Å². The molecule has 0 aliphatic heterocycles. The Balaban J connectivity index is 1.42. The van der Waals surface area contributed by atoms with Crippen LogP contribution in [0, 0.1) is 6.92 Å². The average Bonchev–Trinajstić information content (AvgIpc) is 2.79. The Morgan fingerprint density at radius 2 is 1.52 bits per heavy atom. The molecule has 31 heavy (non-hydrogen) atoms. The van der Waals surface area contributed by atoms with Crippen LogP contribution < -0.4 is 4.74 Å². The SMILES string of the molecule is Cc1cccc2c(Oc3ccc(/C=C/C(=O)/C=C/c4ccc(Cl)cc4)cc3)ncnc12. The lowest BCUT2D eigenvalue weighted by Gasteiger charge is -2.08. The summed E-state index contributed by atoms with van der Waals surface area (Å²) in [5, 5.41) is 1.53. The van der Waals surface area contributed by atoms with Gasteiger partial charge in [-0.1, -0.05) is 60.2 Å². The van der Waals surface area contributed by atoms with Gasteiger partial charge in [-0.15, -0.1) is 0 Å². The summed E-state index contributed by atoms with van der Waals surface area (Å²) >= 11 is 5.86. The number of ketones is 1. The maximum absolute atomic E-state index is 12.1. The van der Waals surface area contributed by atoms with Crippen LogP contribution in [0.25, 0.3) is 23.1 Å². The van der Waals surface area contributed by atoms with Crippen LogP contribution >= 0.6 is 11.6 Å². The highest BCUT2D eigenvalue weighted by Crippen LogP contribution is 2.28. The van der Waals surface area contributed by atoms with Crippen LogP contribution in [0.4, 0.5) is 0 Å². The molecule has 4 nitrogen and oxygen atoms in total. The predicted molar refractivity (Wildman–Crippen MR) is 125 cm³/mol. The molecule has 0 saturated heterocycles. The largest absolute Gasteiger partial charge is 0.438 e. The Bertz CT molecular complexity index is 1280. The molecule has 0 saturated carbocycles. The maximum atomic E-state index is 12.1. The molecule has 0 unspecified atom stereocenters. The van der Waals surface area contributed by atoms with Crippen molar-refractivity contribution < 1.29 is 9.53 Å². The van der Waals surface area contributed by atoms with E-state index in [9.17, 15) is 4.79 Å². The van der Waals surface area contributed by atoms with Crippen molar-refractivity contribution in [2.75, 3.05) is 0 Å². The van der Waals surface area contributed by atoms with Crippen molar-refractivity contribution in [3.05, 3.63) is 107 Å². The zero-order valence-electron chi connectivity index (χ0n) is 16.8. The van der Waals surface area contributed by atoms with Gasteiger partial charge in [-0.2, -0.15) is 0 Å². The second-order valence-corrected chi connectivity index (χ2v) is 7.38. The fraction of sp³-hybridized carbons (Fsp3) is 0.0385. The molecular formula is C26H19ClN2O2. The van der Waals surface area contributed by atoms with E-state index in [2.05, 4.69) is 9.97 Å². The van der Waals surface area contributed by atoms with E-state index in [0.29, 0.717) is 16.7 Å². The number of halogens is 1. The molecule has 0 fully saturated rings. The third-order valence-corrected chi connectivity index (χ3v) is 4.93. The Morgan fingerprint density at radius 3 is 2.19 bits per heavy atom. The standard InChI is InChI=1S/C26H19ClN2O2/c1-18-3-2-4-24-25(18)28-17-29-26(24)31-23-15-9-20(10-16-23)8-14-22(30)13-7-19-5-11-21(27)12-6-19/h2-17H,1H3/b13-7+,14-8+. The van der Waals surface area contributed by atoms with Crippen LogP contribution in [0.1, 0.15) is 16.7 Å². The second-order valence-electron chi connectivity index (χ2n) is 6.94. The molecule has 1 heterocycles. The number of hydrogen-bond donors (Lipinski definition) is 0. The highest BCUT2D eigenvalue weighted by atomic mass is 35.5. The number of rotatable bonds is 6. The Kier molecular flexibility index (Phi) is 6.20. The number of fused-ring (bicyclic) bond motifs is 1. The van der Waals surface area contributed by atoms with E-state index < -0.39 is 0 Å². The zero-order chi connectivity index (χ0) is 21.6. The van der Waals surface area contributed by atoms with E-state index in [1.165, 1.54) is 18.5 Å². The molecule has 0 amide bonds. The van der Waals surface area contributed by atoms with Crippen molar-refractivity contribution in [2.45, 2.75) is 6.92 Å².